The molecule has 7 nitrogen and oxygen atoms in total. The number of ether oxygens (including phenoxy) is 2. The molecule has 154 valence electrons. The van der Waals surface area contributed by atoms with Crippen molar-refractivity contribution < 1.29 is 19.1 Å². The Morgan fingerprint density at radius 1 is 1.07 bits per heavy atom. The van der Waals surface area contributed by atoms with Crippen molar-refractivity contribution in [2.24, 2.45) is 5.92 Å². The van der Waals surface area contributed by atoms with E-state index in [0.717, 1.165) is 16.9 Å². The molecule has 30 heavy (non-hydrogen) atoms. The zero-order valence-electron chi connectivity index (χ0n) is 16.6. The fourth-order valence-corrected chi connectivity index (χ4v) is 3.69. The van der Waals surface area contributed by atoms with E-state index < -0.39 is 0 Å². The number of benzene rings is 2. The summed E-state index contributed by atoms with van der Waals surface area (Å²) in [7, 11) is 0. The fourth-order valence-electron chi connectivity index (χ4n) is 2.98. The molecule has 0 radical (unpaired) electrons. The van der Waals surface area contributed by atoms with Gasteiger partial charge in [0, 0.05) is 28.6 Å². The van der Waals surface area contributed by atoms with E-state index in [-0.39, 0.29) is 18.6 Å². The molecule has 1 aliphatic rings. The van der Waals surface area contributed by atoms with E-state index in [1.54, 1.807) is 18.2 Å². The van der Waals surface area contributed by atoms with Crippen molar-refractivity contribution in [1.82, 2.24) is 4.98 Å². The Bertz CT molecular complexity index is 1080. The third kappa shape index (κ3) is 4.60. The largest absolute Gasteiger partial charge is 0.454 e. The number of nitrogens with zero attached hydrogens (tertiary/aromatic N) is 1. The number of amides is 2. The van der Waals surface area contributed by atoms with E-state index in [2.05, 4.69) is 15.6 Å². The zero-order valence-corrected chi connectivity index (χ0v) is 17.4. The molecule has 1 aliphatic heterocycles. The Hall–Kier alpha value is -3.39. The van der Waals surface area contributed by atoms with Gasteiger partial charge in [0.15, 0.2) is 16.6 Å². The van der Waals surface area contributed by atoms with E-state index in [1.807, 2.05) is 43.5 Å². The Labute approximate surface area is 178 Å². The van der Waals surface area contributed by atoms with Gasteiger partial charge >= 0.3 is 0 Å². The average Bonchev–Trinajstić information content (AvgIpc) is 3.36. The minimum absolute atomic E-state index is 0.0000700. The standard InChI is InChI=1S/C22H21N3O4S/c1-13(2)9-20(26)23-16-6-3-14(4-7-16)17-11-30-22(24-17)25-21(27)15-5-8-18-19(10-15)29-12-28-18/h3-8,10-11,13H,9,12H2,1-2H3,(H,23,26)(H,24,25,27). The van der Waals surface area contributed by atoms with Crippen LogP contribution >= 0.6 is 11.3 Å². The van der Waals surface area contributed by atoms with Gasteiger partial charge < -0.3 is 14.8 Å². The third-order valence-corrected chi connectivity index (χ3v) is 5.18. The van der Waals surface area contributed by atoms with Gasteiger partial charge in [-0.3, -0.25) is 14.9 Å². The van der Waals surface area contributed by atoms with Gasteiger partial charge in [-0.2, -0.15) is 0 Å². The fraction of sp³-hybridized carbons (Fsp3) is 0.227. The predicted molar refractivity (Wildman–Crippen MR) is 116 cm³/mol. The highest BCUT2D eigenvalue weighted by Gasteiger charge is 2.17. The quantitative estimate of drug-likeness (QED) is 0.596. The first-order valence-corrected chi connectivity index (χ1v) is 10.4. The van der Waals surface area contributed by atoms with Gasteiger partial charge in [0.05, 0.1) is 5.69 Å². The highest BCUT2D eigenvalue weighted by atomic mass is 32.1. The molecule has 4 rings (SSSR count). The van der Waals surface area contributed by atoms with E-state index in [0.29, 0.717) is 34.5 Å². The molecule has 0 unspecified atom stereocenters. The molecular weight excluding hydrogens is 402 g/mol. The highest BCUT2D eigenvalue weighted by molar-refractivity contribution is 7.14. The molecule has 2 N–H and O–H groups in total. The minimum atomic E-state index is -0.266. The van der Waals surface area contributed by atoms with Gasteiger partial charge in [-0.15, -0.1) is 11.3 Å². The Morgan fingerprint density at radius 2 is 1.83 bits per heavy atom. The van der Waals surface area contributed by atoms with Crippen LogP contribution in [-0.4, -0.2) is 23.6 Å². The van der Waals surface area contributed by atoms with Crippen molar-refractivity contribution in [2.75, 3.05) is 17.4 Å². The van der Waals surface area contributed by atoms with Crippen LogP contribution in [0.2, 0.25) is 0 Å². The minimum Gasteiger partial charge on any atom is -0.454 e. The number of hydrogen-bond donors (Lipinski definition) is 2. The molecule has 0 saturated carbocycles. The number of hydrogen-bond acceptors (Lipinski definition) is 6. The molecule has 2 amide bonds. The predicted octanol–water partition coefficient (Wildman–Crippen LogP) is 4.78. The molecule has 2 aromatic carbocycles. The van der Waals surface area contributed by atoms with Crippen LogP contribution in [0.15, 0.2) is 47.8 Å². The summed E-state index contributed by atoms with van der Waals surface area (Å²) in [6, 6.07) is 12.5. The SMILES string of the molecule is CC(C)CC(=O)Nc1ccc(-c2csc(NC(=O)c3ccc4c(c3)OCO4)n2)cc1. The number of fused-ring (bicyclic) bond motifs is 1. The van der Waals surface area contributed by atoms with Crippen molar-refractivity contribution in [2.45, 2.75) is 20.3 Å². The second-order valence-corrected chi connectivity index (χ2v) is 8.14. The maximum atomic E-state index is 12.5. The smallest absolute Gasteiger partial charge is 0.257 e. The van der Waals surface area contributed by atoms with Crippen LogP contribution in [-0.2, 0) is 4.79 Å². The van der Waals surface area contributed by atoms with Crippen LogP contribution in [0.3, 0.4) is 0 Å². The monoisotopic (exact) mass is 423 g/mol. The summed E-state index contributed by atoms with van der Waals surface area (Å²) in [6.07, 6.45) is 0.486. The first kappa shape index (κ1) is 19.9. The lowest BCUT2D eigenvalue weighted by Gasteiger charge is -2.07. The molecule has 0 saturated heterocycles. The van der Waals surface area contributed by atoms with Crippen LogP contribution in [0.4, 0.5) is 10.8 Å². The lowest BCUT2D eigenvalue weighted by molar-refractivity contribution is -0.116. The third-order valence-electron chi connectivity index (χ3n) is 4.42. The average molecular weight is 423 g/mol. The summed E-state index contributed by atoms with van der Waals surface area (Å²) >= 11 is 1.35. The molecular formula is C22H21N3O4S. The van der Waals surface area contributed by atoms with E-state index in [4.69, 9.17) is 9.47 Å². The van der Waals surface area contributed by atoms with Crippen LogP contribution < -0.4 is 20.1 Å². The summed E-state index contributed by atoms with van der Waals surface area (Å²) in [5.74, 6) is 1.23. The van der Waals surface area contributed by atoms with Gasteiger partial charge in [0.1, 0.15) is 0 Å². The van der Waals surface area contributed by atoms with Gasteiger partial charge in [0.2, 0.25) is 12.7 Å². The van der Waals surface area contributed by atoms with E-state index in [9.17, 15) is 9.59 Å². The highest BCUT2D eigenvalue weighted by Crippen LogP contribution is 2.33. The first-order valence-electron chi connectivity index (χ1n) is 9.55. The van der Waals surface area contributed by atoms with Gasteiger partial charge in [0.25, 0.3) is 5.91 Å². The first-order chi connectivity index (χ1) is 14.5. The number of carbonyl (C=O) groups is 2. The second kappa shape index (κ2) is 8.54. The Balaban J connectivity index is 1.40. The number of rotatable bonds is 6. The molecule has 0 aliphatic carbocycles. The van der Waals surface area contributed by atoms with Crippen molar-refractivity contribution in [1.29, 1.82) is 0 Å². The molecule has 8 heteroatoms. The van der Waals surface area contributed by atoms with Gasteiger partial charge in [-0.05, 0) is 36.2 Å². The van der Waals surface area contributed by atoms with Gasteiger partial charge in [-0.1, -0.05) is 26.0 Å². The molecule has 1 aromatic heterocycles. The van der Waals surface area contributed by atoms with Crippen LogP contribution in [0, 0.1) is 5.92 Å². The second-order valence-electron chi connectivity index (χ2n) is 7.28. The molecule has 3 aromatic rings. The molecule has 2 heterocycles. The molecule has 0 spiro atoms. The Morgan fingerprint density at radius 3 is 2.60 bits per heavy atom. The summed E-state index contributed by atoms with van der Waals surface area (Å²) in [6.45, 7) is 4.18. The summed E-state index contributed by atoms with van der Waals surface area (Å²) in [5.41, 5.74) is 2.87. The molecule has 0 bridgehead atoms. The van der Waals surface area contributed by atoms with Crippen LogP contribution in [0.5, 0.6) is 11.5 Å². The normalized spacial score (nSPS) is 12.1. The number of anilines is 2. The van der Waals surface area contributed by atoms with Crippen LogP contribution in [0.25, 0.3) is 11.3 Å². The molecule has 0 atom stereocenters. The number of carbonyl (C=O) groups excluding carboxylic acids is 2. The number of thiazole rings is 1. The van der Waals surface area contributed by atoms with E-state index in [1.165, 1.54) is 11.3 Å². The van der Waals surface area contributed by atoms with Crippen molar-refractivity contribution in [3.05, 3.63) is 53.4 Å². The summed E-state index contributed by atoms with van der Waals surface area (Å²) < 4.78 is 10.6. The van der Waals surface area contributed by atoms with Gasteiger partial charge in [-0.25, -0.2) is 4.98 Å². The number of nitrogens with one attached hydrogen (secondary N) is 2. The summed E-state index contributed by atoms with van der Waals surface area (Å²) in [5, 5.41) is 8.07. The topological polar surface area (TPSA) is 89.6 Å². The van der Waals surface area contributed by atoms with E-state index >= 15 is 0 Å². The Kier molecular flexibility index (Phi) is 5.67. The number of aromatic nitrogens is 1. The zero-order chi connectivity index (χ0) is 21.1. The van der Waals surface area contributed by atoms with Crippen molar-refractivity contribution in [3.63, 3.8) is 0 Å². The van der Waals surface area contributed by atoms with Crippen molar-refractivity contribution >= 4 is 34.0 Å². The maximum Gasteiger partial charge on any atom is 0.257 e. The summed E-state index contributed by atoms with van der Waals surface area (Å²) in [4.78, 5) is 28.9. The molecule has 0 fully saturated rings. The van der Waals surface area contributed by atoms with Crippen LogP contribution in [0.1, 0.15) is 30.6 Å². The maximum absolute atomic E-state index is 12.5. The van der Waals surface area contributed by atoms with Crippen molar-refractivity contribution in [3.8, 4) is 22.8 Å². The lowest BCUT2D eigenvalue weighted by atomic mass is 10.1. The lowest BCUT2D eigenvalue weighted by Crippen LogP contribution is -2.13.